The van der Waals surface area contributed by atoms with Crippen LogP contribution < -0.4 is 0 Å². The molecule has 0 atom stereocenters. The first-order chi connectivity index (χ1) is 8.58. The van der Waals surface area contributed by atoms with Crippen LogP contribution in [0.5, 0.6) is 0 Å². The third kappa shape index (κ3) is 9.08. The van der Waals surface area contributed by atoms with Crippen molar-refractivity contribution in [2.75, 3.05) is 0 Å². The van der Waals surface area contributed by atoms with E-state index in [1.54, 1.807) is 0 Å². The Hall–Kier alpha value is 0.0900. The summed E-state index contributed by atoms with van der Waals surface area (Å²) in [4.78, 5) is 0. The van der Waals surface area contributed by atoms with Crippen molar-refractivity contribution in [3.63, 3.8) is 0 Å². The molecule has 0 aliphatic heterocycles. The van der Waals surface area contributed by atoms with Crippen molar-refractivity contribution < 1.29 is 0 Å². The van der Waals surface area contributed by atoms with Gasteiger partial charge in [0.05, 0.1) is 0 Å². The zero-order valence-corrected chi connectivity index (χ0v) is 12.9. The van der Waals surface area contributed by atoms with Crippen molar-refractivity contribution >= 4 is 34.8 Å². The number of hydrogen-bond acceptors (Lipinski definition) is 0. The summed E-state index contributed by atoms with van der Waals surface area (Å²) in [5, 5.41) is 0. The molecule has 0 fully saturated rings. The van der Waals surface area contributed by atoms with Crippen LogP contribution in [0, 0.1) is 0 Å². The summed E-state index contributed by atoms with van der Waals surface area (Å²) in [5.74, 6) is 0. The lowest BCUT2D eigenvalue weighted by molar-refractivity contribution is 0.582. The number of alkyl halides is 3. The average Bonchev–Trinajstić information content (AvgIpc) is 2.32. The van der Waals surface area contributed by atoms with Gasteiger partial charge in [-0.05, 0) is 31.2 Å². The van der Waals surface area contributed by atoms with Crippen molar-refractivity contribution in [1.82, 2.24) is 0 Å². The molecule has 0 aliphatic carbocycles. The first-order valence-corrected chi connectivity index (χ1v) is 7.82. The normalized spacial score (nSPS) is 11.7. The number of benzene rings is 1. The summed E-state index contributed by atoms with van der Waals surface area (Å²) >= 11 is 17.1. The summed E-state index contributed by atoms with van der Waals surface area (Å²) in [6.45, 7) is 0. The summed E-state index contributed by atoms with van der Waals surface area (Å²) in [7, 11) is 0. The van der Waals surface area contributed by atoms with Crippen molar-refractivity contribution in [1.29, 1.82) is 0 Å². The van der Waals surface area contributed by atoms with Crippen LogP contribution in [-0.4, -0.2) is 3.79 Å². The molecule has 0 saturated carbocycles. The van der Waals surface area contributed by atoms with Gasteiger partial charge in [-0.3, -0.25) is 0 Å². The molecular formula is C15H21Cl3. The van der Waals surface area contributed by atoms with E-state index in [1.807, 2.05) is 0 Å². The lowest BCUT2D eigenvalue weighted by atomic mass is 10.0. The molecule has 0 spiro atoms. The van der Waals surface area contributed by atoms with Crippen LogP contribution in [0.1, 0.15) is 50.5 Å². The van der Waals surface area contributed by atoms with Crippen LogP contribution in [0.4, 0.5) is 0 Å². The molecule has 0 aliphatic rings. The van der Waals surface area contributed by atoms with Gasteiger partial charge in [-0.2, -0.15) is 0 Å². The third-order valence-electron chi connectivity index (χ3n) is 3.02. The monoisotopic (exact) mass is 306 g/mol. The Balaban J connectivity index is 1.90. The molecule has 3 heteroatoms. The summed E-state index contributed by atoms with van der Waals surface area (Å²) in [6, 6.07) is 10.7. The Labute approximate surface area is 126 Å². The van der Waals surface area contributed by atoms with Crippen LogP contribution in [0.25, 0.3) is 0 Å². The van der Waals surface area contributed by atoms with Crippen molar-refractivity contribution in [2.45, 2.75) is 55.2 Å². The standard InChI is InChI=1S/C15H21Cl3/c16-15(17,18)13-9-4-2-1-3-6-10-14-11-7-5-8-12-14/h5,7-8,11-12H,1-4,6,9-10,13H2. The lowest BCUT2D eigenvalue weighted by Gasteiger charge is -2.09. The molecule has 1 aromatic carbocycles. The average molecular weight is 308 g/mol. The molecule has 1 aromatic rings. The Bertz CT molecular complexity index is 303. The quantitative estimate of drug-likeness (QED) is 0.389. The molecule has 102 valence electrons. The largest absolute Gasteiger partial charge is 0.190 e. The SMILES string of the molecule is ClC(Cl)(Cl)CCCCCCCCc1ccccc1. The highest BCUT2D eigenvalue weighted by molar-refractivity contribution is 6.67. The minimum Gasteiger partial charge on any atom is -0.0837 e. The van der Waals surface area contributed by atoms with Crippen LogP contribution in [0.15, 0.2) is 30.3 Å². The number of aryl methyl sites for hydroxylation is 1. The molecule has 0 saturated heterocycles. The Morgan fingerprint density at radius 3 is 1.89 bits per heavy atom. The van der Waals surface area contributed by atoms with E-state index in [2.05, 4.69) is 30.3 Å². The Kier molecular flexibility index (Phi) is 8.13. The number of hydrogen-bond donors (Lipinski definition) is 0. The molecule has 0 unspecified atom stereocenters. The smallest absolute Gasteiger partial charge is 0.0837 e. The first kappa shape index (κ1) is 16.1. The number of halogens is 3. The molecule has 0 bridgehead atoms. The van der Waals surface area contributed by atoms with Crippen molar-refractivity contribution in [3.8, 4) is 0 Å². The second-order valence-electron chi connectivity index (χ2n) is 4.72. The van der Waals surface area contributed by atoms with Gasteiger partial charge in [0, 0.05) is 0 Å². The van der Waals surface area contributed by atoms with E-state index >= 15 is 0 Å². The highest BCUT2D eigenvalue weighted by Crippen LogP contribution is 2.32. The predicted molar refractivity (Wildman–Crippen MR) is 82.8 cm³/mol. The summed E-state index contributed by atoms with van der Waals surface area (Å²) < 4.78 is -1.06. The molecule has 0 nitrogen and oxygen atoms in total. The minimum absolute atomic E-state index is 0.668. The van der Waals surface area contributed by atoms with Crippen molar-refractivity contribution in [2.24, 2.45) is 0 Å². The predicted octanol–water partition coefficient (Wildman–Crippen LogP) is 6.33. The first-order valence-electron chi connectivity index (χ1n) is 6.68. The Morgan fingerprint density at radius 2 is 1.28 bits per heavy atom. The molecule has 1 rings (SSSR count). The summed E-state index contributed by atoms with van der Waals surface area (Å²) in [6.07, 6.45) is 9.13. The van der Waals surface area contributed by atoms with E-state index in [4.69, 9.17) is 34.8 Å². The van der Waals surface area contributed by atoms with E-state index < -0.39 is 3.79 Å². The maximum absolute atomic E-state index is 5.69. The van der Waals surface area contributed by atoms with Gasteiger partial charge in [0.1, 0.15) is 0 Å². The van der Waals surface area contributed by atoms with E-state index in [9.17, 15) is 0 Å². The highest BCUT2D eigenvalue weighted by atomic mass is 35.6. The molecule has 0 aromatic heterocycles. The topological polar surface area (TPSA) is 0 Å². The fraction of sp³-hybridized carbons (Fsp3) is 0.600. The third-order valence-corrected chi connectivity index (χ3v) is 3.59. The number of unbranched alkanes of at least 4 members (excludes halogenated alkanes) is 5. The van der Waals surface area contributed by atoms with Gasteiger partial charge in [0.2, 0.25) is 0 Å². The van der Waals surface area contributed by atoms with E-state index in [0.29, 0.717) is 6.42 Å². The molecule has 0 N–H and O–H groups in total. The molecule has 18 heavy (non-hydrogen) atoms. The maximum atomic E-state index is 5.69. The van der Waals surface area contributed by atoms with Crippen LogP contribution in [0.2, 0.25) is 0 Å². The van der Waals surface area contributed by atoms with Gasteiger partial charge in [-0.25, -0.2) is 0 Å². The maximum Gasteiger partial charge on any atom is 0.190 e. The molecule has 0 heterocycles. The number of rotatable bonds is 8. The van der Waals surface area contributed by atoms with Crippen LogP contribution in [0.3, 0.4) is 0 Å². The molecular weight excluding hydrogens is 287 g/mol. The van der Waals surface area contributed by atoms with Crippen LogP contribution >= 0.6 is 34.8 Å². The van der Waals surface area contributed by atoms with Gasteiger partial charge in [-0.15, -0.1) is 0 Å². The second kappa shape index (κ2) is 9.07. The van der Waals surface area contributed by atoms with Crippen molar-refractivity contribution in [3.05, 3.63) is 35.9 Å². The zero-order valence-electron chi connectivity index (χ0n) is 10.7. The minimum atomic E-state index is -1.06. The van der Waals surface area contributed by atoms with E-state index in [-0.39, 0.29) is 0 Å². The van der Waals surface area contributed by atoms with Gasteiger partial charge in [0.25, 0.3) is 0 Å². The highest BCUT2D eigenvalue weighted by Gasteiger charge is 2.17. The fourth-order valence-corrected chi connectivity index (χ4v) is 2.41. The van der Waals surface area contributed by atoms with E-state index in [0.717, 1.165) is 6.42 Å². The van der Waals surface area contributed by atoms with E-state index in [1.165, 1.54) is 44.1 Å². The molecule has 0 amide bonds. The van der Waals surface area contributed by atoms with Gasteiger partial charge in [0.15, 0.2) is 3.79 Å². The zero-order chi connectivity index (χ0) is 13.3. The lowest BCUT2D eigenvalue weighted by Crippen LogP contribution is -2.00. The Morgan fingerprint density at radius 1 is 0.722 bits per heavy atom. The molecule has 0 radical (unpaired) electrons. The van der Waals surface area contributed by atoms with Gasteiger partial charge >= 0.3 is 0 Å². The summed E-state index contributed by atoms with van der Waals surface area (Å²) in [5.41, 5.74) is 1.44. The van der Waals surface area contributed by atoms with Gasteiger partial charge in [-0.1, -0.05) is 90.8 Å². The second-order valence-corrected chi connectivity index (χ2v) is 7.24. The van der Waals surface area contributed by atoms with Crippen LogP contribution in [-0.2, 0) is 6.42 Å². The van der Waals surface area contributed by atoms with Gasteiger partial charge < -0.3 is 0 Å². The fourth-order valence-electron chi connectivity index (χ4n) is 2.01.